The molecule has 1 aromatic rings. The summed E-state index contributed by atoms with van der Waals surface area (Å²) in [7, 11) is 0. The van der Waals surface area contributed by atoms with Gasteiger partial charge in [0.15, 0.2) is 0 Å². The number of carbonyl (C=O) groups excluding carboxylic acids is 2. The normalized spacial score (nSPS) is 19.5. The SMILES string of the molecule is Cl.Cl.O=C(NCCC(=O)N1CCN(c2ccccn2)CC1)C1CNCCO1. The maximum Gasteiger partial charge on any atom is 0.250 e. The first-order chi connectivity index (χ1) is 12.2. The number of aromatic nitrogens is 1. The minimum Gasteiger partial charge on any atom is -0.366 e. The second kappa shape index (κ2) is 12.0. The highest BCUT2D eigenvalue weighted by atomic mass is 35.5. The van der Waals surface area contributed by atoms with Gasteiger partial charge in [0.1, 0.15) is 11.9 Å². The maximum absolute atomic E-state index is 12.3. The molecular weight excluding hydrogens is 393 g/mol. The van der Waals surface area contributed by atoms with Crippen LogP contribution < -0.4 is 15.5 Å². The van der Waals surface area contributed by atoms with E-state index >= 15 is 0 Å². The van der Waals surface area contributed by atoms with Crippen LogP contribution in [0, 0.1) is 0 Å². The summed E-state index contributed by atoms with van der Waals surface area (Å²) in [5, 5.41) is 5.90. The van der Waals surface area contributed by atoms with Gasteiger partial charge in [0.25, 0.3) is 0 Å². The van der Waals surface area contributed by atoms with Crippen LogP contribution in [0.2, 0.25) is 0 Å². The Morgan fingerprint density at radius 3 is 2.63 bits per heavy atom. The monoisotopic (exact) mass is 419 g/mol. The Labute approximate surface area is 171 Å². The van der Waals surface area contributed by atoms with Gasteiger partial charge in [0.05, 0.1) is 6.61 Å². The highest BCUT2D eigenvalue weighted by Gasteiger charge is 2.23. The first-order valence-corrected chi connectivity index (χ1v) is 8.78. The predicted octanol–water partition coefficient (Wildman–Crippen LogP) is 0.0685. The zero-order valence-electron chi connectivity index (χ0n) is 15.1. The van der Waals surface area contributed by atoms with Crippen LogP contribution in [0.25, 0.3) is 0 Å². The van der Waals surface area contributed by atoms with Gasteiger partial charge in [-0.05, 0) is 12.1 Å². The third kappa shape index (κ3) is 6.80. The lowest BCUT2D eigenvalue weighted by atomic mass is 10.2. The molecule has 3 heterocycles. The quantitative estimate of drug-likeness (QED) is 0.701. The molecule has 8 nitrogen and oxygen atoms in total. The molecule has 152 valence electrons. The van der Waals surface area contributed by atoms with E-state index in [1.807, 2.05) is 23.1 Å². The highest BCUT2D eigenvalue weighted by molar-refractivity contribution is 5.85. The van der Waals surface area contributed by atoms with Gasteiger partial charge in [-0.1, -0.05) is 6.07 Å². The van der Waals surface area contributed by atoms with Crippen molar-refractivity contribution in [1.29, 1.82) is 0 Å². The van der Waals surface area contributed by atoms with Crippen LogP contribution in [-0.4, -0.2) is 80.2 Å². The fourth-order valence-corrected chi connectivity index (χ4v) is 3.02. The first kappa shape index (κ1) is 23.4. The van der Waals surface area contributed by atoms with Crippen LogP contribution >= 0.6 is 24.8 Å². The van der Waals surface area contributed by atoms with Crippen molar-refractivity contribution in [1.82, 2.24) is 20.5 Å². The average molecular weight is 420 g/mol. The molecule has 0 radical (unpaired) electrons. The minimum absolute atomic E-state index is 0. The smallest absolute Gasteiger partial charge is 0.250 e. The number of rotatable bonds is 5. The summed E-state index contributed by atoms with van der Waals surface area (Å²) in [5.41, 5.74) is 0. The molecule has 0 saturated carbocycles. The van der Waals surface area contributed by atoms with Crippen molar-refractivity contribution in [2.45, 2.75) is 12.5 Å². The molecule has 3 rings (SSSR count). The molecule has 2 aliphatic rings. The van der Waals surface area contributed by atoms with Crippen molar-refractivity contribution in [3.05, 3.63) is 24.4 Å². The Bertz CT molecular complexity index is 579. The number of hydrogen-bond acceptors (Lipinski definition) is 6. The third-order valence-electron chi connectivity index (χ3n) is 4.46. The summed E-state index contributed by atoms with van der Waals surface area (Å²) in [6.07, 6.45) is 1.64. The van der Waals surface area contributed by atoms with E-state index in [1.54, 1.807) is 6.20 Å². The summed E-state index contributed by atoms with van der Waals surface area (Å²) in [5.74, 6) is 0.867. The number of piperazine rings is 1. The summed E-state index contributed by atoms with van der Waals surface area (Å²) in [6.45, 7) is 5.09. The Morgan fingerprint density at radius 2 is 2.00 bits per heavy atom. The predicted molar refractivity (Wildman–Crippen MR) is 108 cm³/mol. The molecular formula is C17H27Cl2N5O3. The zero-order valence-corrected chi connectivity index (χ0v) is 16.8. The number of nitrogens with one attached hydrogen (secondary N) is 2. The molecule has 27 heavy (non-hydrogen) atoms. The van der Waals surface area contributed by atoms with Crippen molar-refractivity contribution >= 4 is 42.4 Å². The topological polar surface area (TPSA) is 86.8 Å². The van der Waals surface area contributed by atoms with Gasteiger partial charge in [-0.2, -0.15) is 0 Å². The molecule has 1 unspecified atom stereocenters. The van der Waals surface area contributed by atoms with Crippen molar-refractivity contribution in [3.63, 3.8) is 0 Å². The van der Waals surface area contributed by atoms with Gasteiger partial charge in [-0.3, -0.25) is 9.59 Å². The number of anilines is 1. The first-order valence-electron chi connectivity index (χ1n) is 8.78. The number of halogens is 2. The zero-order chi connectivity index (χ0) is 17.5. The summed E-state index contributed by atoms with van der Waals surface area (Å²) < 4.78 is 5.39. The van der Waals surface area contributed by atoms with Crippen molar-refractivity contribution in [2.75, 3.05) is 57.3 Å². The van der Waals surface area contributed by atoms with Crippen molar-refractivity contribution in [2.24, 2.45) is 0 Å². The second-order valence-corrected chi connectivity index (χ2v) is 6.16. The number of pyridine rings is 1. The Morgan fingerprint density at radius 1 is 1.22 bits per heavy atom. The van der Waals surface area contributed by atoms with Gasteiger partial charge in [-0.15, -0.1) is 24.8 Å². The number of carbonyl (C=O) groups is 2. The molecule has 2 N–H and O–H groups in total. The average Bonchev–Trinajstić information content (AvgIpc) is 2.69. The molecule has 2 amide bonds. The van der Waals surface area contributed by atoms with Crippen LogP contribution in [0.4, 0.5) is 5.82 Å². The summed E-state index contributed by atoms with van der Waals surface area (Å²) in [6, 6.07) is 5.84. The third-order valence-corrected chi connectivity index (χ3v) is 4.46. The lowest BCUT2D eigenvalue weighted by Gasteiger charge is -2.35. The van der Waals surface area contributed by atoms with Crippen LogP contribution in [0.15, 0.2) is 24.4 Å². The lowest BCUT2D eigenvalue weighted by molar-refractivity contribution is -0.134. The molecule has 0 aromatic carbocycles. The van der Waals surface area contributed by atoms with E-state index < -0.39 is 6.10 Å². The number of ether oxygens (including phenoxy) is 1. The molecule has 0 bridgehead atoms. The van der Waals surface area contributed by atoms with Gasteiger partial charge in [-0.25, -0.2) is 4.98 Å². The molecule has 2 fully saturated rings. The van der Waals surface area contributed by atoms with Crippen LogP contribution in [0.5, 0.6) is 0 Å². The van der Waals surface area contributed by atoms with Gasteiger partial charge < -0.3 is 25.2 Å². The van der Waals surface area contributed by atoms with E-state index in [4.69, 9.17) is 4.74 Å². The van der Waals surface area contributed by atoms with E-state index in [2.05, 4.69) is 20.5 Å². The molecule has 10 heteroatoms. The van der Waals surface area contributed by atoms with Gasteiger partial charge in [0, 0.05) is 58.4 Å². The van der Waals surface area contributed by atoms with Crippen LogP contribution in [0.1, 0.15) is 6.42 Å². The Kier molecular flexibility index (Phi) is 10.4. The number of nitrogens with zero attached hydrogens (tertiary/aromatic N) is 3. The number of amides is 2. The van der Waals surface area contributed by atoms with Crippen molar-refractivity contribution in [3.8, 4) is 0 Å². The molecule has 1 atom stereocenters. The summed E-state index contributed by atoms with van der Waals surface area (Å²) >= 11 is 0. The molecule has 2 saturated heterocycles. The number of hydrogen-bond donors (Lipinski definition) is 2. The van der Waals surface area contributed by atoms with E-state index in [0.29, 0.717) is 39.2 Å². The molecule has 1 aromatic heterocycles. The highest BCUT2D eigenvalue weighted by Crippen LogP contribution is 2.12. The fraction of sp³-hybridized carbons (Fsp3) is 0.588. The van der Waals surface area contributed by atoms with Crippen LogP contribution in [0.3, 0.4) is 0 Å². The van der Waals surface area contributed by atoms with E-state index in [9.17, 15) is 9.59 Å². The minimum atomic E-state index is -0.453. The fourth-order valence-electron chi connectivity index (χ4n) is 3.02. The van der Waals surface area contributed by atoms with E-state index in [0.717, 1.165) is 25.5 Å². The second-order valence-electron chi connectivity index (χ2n) is 6.16. The van der Waals surface area contributed by atoms with Gasteiger partial charge in [0.2, 0.25) is 11.8 Å². The number of morpholine rings is 1. The maximum atomic E-state index is 12.3. The summed E-state index contributed by atoms with van der Waals surface area (Å²) in [4.78, 5) is 32.6. The molecule has 0 spiro atoms. The largest absolute Gasteiger partial charge is 0.366 e. The Hall–Kier alpha value is -1.61. The van der Waals surface area contributed by atoms with E-state index in [1.165, 1.54) is 0 Å². The van der Waals surface area contributed by atoms with Gasteiger partial charge >= 0.3 is 0 Å². The van der Waals surface area contributed by atoms with Crippen LogP contribution in [-0.2, 0) is 14.3 Å². The Balaban J connectivity index is 0.00000182. The standard InChI is InChI=1S/C17H25N5O3.2ClH/c23-16(4-6-20-17(24)14-13-18-7-12-25-14)22-10-8-21(9-11-22)15-3-1-2-5-19-15;;/h1-3,5,14,18H,4,6-13H2,(H,20,24);2*1H. The van der Waals surface area contributed by atoms with Crippen molar-refractivity contribution < 1.29 is 14.3 Å². The van der Waals surface area contributed by atoms with E-state index in [-0.39, 0.29) is 36.6 Å². The molecule has 0 aliphatic carbocycles. The molecule has 2 aliphatic heterocycles. The lowest BCUT2D eigenvalue weighted by Crippen LogP contribution is -2.50.